The second-order valence-corrected chi connectivity index (χ2v) is 8.27. The Hall–Kier alpha value is -2.35. The Morgan fingerprint density at radius 1 is 0.967 bits per heavy atom. The van der Waals surface area contributed by atoms with E-state index in [4.69, 9.17) is 14.5 Å². The fourth-order valence-electron chi connectivity index (χ4n) is 2.95. The number of thiazole rings is 1. The number of benzene rings is 2. The van der Waals surface area contributed by atoms with Crippen molar-refractivity contribution in [2.75, 3.05) is 46.3 Å². The first-order valence-electron chi connectivity index (χ1n) is 9.40. The molecule has 3 rings (SSSR count). The van der Waals surface area contributed by atoms with Gasteiger partial charge in [-0.25, -0.2) is 4.98 Å². The number of anilines is 1. The quantitative estimate of drug-likeness (QED) is 0.529. The van der Waals surface area contributed by atoms with Gasteiger partial charge in [0.25, 0.3) is 5.91 Å². The topological polar surface area (TPSA) is 54.9 Å². The van der Waals surface area contributed by atoms with Crippen LogP contribution in [0.1, 0.15) is 21.5 Å². The number of amides is 1. The van der Waals surface area contributed by atoms with Gasteiger partial charge in [-0.05, 0) is 63.3 Å². The van der Waals surface area contributed by atoms with Gasteiger partial charge in [-0.3, -0.25) is 9.69 Å². The van der Waals surface area contributed by atoms with E-state index in [1.807, 2.05) is 19.0 Å². The molecule has 1 amide bonds. The number of hydrogen-bond acceptors (Lipinski definition) is 6. The maximum atomic E-state index is 13.5. The maximum Gasteiger partial charge on any atom is 0.260 e. The fourth-order valence-corrected chi connectivity index (χ4v) is 4.02. The first-order chi connectivity index (χ1) is 13.8. The van der Waals surface area contributed by atoms with Crippen LogP contribution < -0.4 is 14.4 Å². The van der Waals surface area contributed by atoms with Gasteiger partial charge in [-0.1, -0.05) is 11.3 Å². The van der Waals surface area contributed by atoms with Crippen molar-refractivity contribution in [3.63, 3.8) is 0 Å². The van der Waals surface area contributed by atoms with Crippen LogP contribution >= 0.6 is 23.7 Å². The number of carbonyl (C=O) groups excluding carboxylic acids is 1. The molecule has 0 aliphatic carbocycles. The average Bonchev–Trinajstić information content (AvgIpc) is 3.09. The molecule has 1 heterocycles. The van der Waals surface area contributed by atoms with Crippen molar-refractivity contribution in [3.8, 4) is 11.5 Å². The van der Waals surface area contributed by atoms with Crippen LogP contribution in [0.3, 0.4) is 0 Å². The number of hydrogen-bond donors (Lipinski definition) is 0. The molecule has 0 fully saturated rings. The minimum Gasteiger partial charge on any atom is -0.497 e. The van der Waals surface area contributed by atoms with E-state index >= 15 is 0 Å². The van der Waals surface area contributed by atoms with Crippen molar-refractivity contribution in [2.45, 2.75) is 13.8 Å². The van der Waals surface area contributed by atoms with Gasteiger partial charge in [0.1, 0.15) is 11.5 Å². The van der Waals surface area contributed by atoms with E-state index in [1.165, 1.54) is 22.5 Å². The van der Waals surface area contributed by atoms with Crippen molar-refractivity contribution in [3.05, 3.63) is 47.0 Å². The van der Waals surface area contributed by atoms with Crippen molar-refractivity contribution in [2.24, 2.45) is 0 Å². The largest absolute Gasteiger partial charge is 0.497 e. The summed E-state index contributed by atoms with van der Waals surface area (Å²) in [5.74, 6) is 1.03. The Morgan fingerprint density at radius 2 is 1.57 bits per heavy atom. The normalized spacial score (nSPS) is 10.8. The molecule has 0 saturated heterocycles. The number of nitrogens with zero attached hydrogens (tertiary/aromatic N) is 3. The Morgan fingerprint density at radius 3 is 2.13 bits per heavy atom. The standard InChI is InChI=1S/C22H27N3O3S.ClH/c1-14-9-19-20(10-15(14)2)29-22(23-19)25(8-7-24(3)4)21(26)16-11-17(27-5)13-18(12-16)28-6;/h9-13H,7-8H2,1-6H3;1H. The third kappa shape index (κ3) is 5.22. The van der Waals surface area contributed by atoms with Crippen LogP contribution in [0.15, 0.2) is 30.3 Å². The Balaban J connectivity index is 0.00000320. The fraction of sp³-hybridized carbons (Fsp3) is 0.364. The van der Waals surface area contributed by atoms with Crippen molar-refractivity contribution >= 4 is 45.0 Å². The van der Waals surface area contributed by atoms with Crippen LogP contribution in [-0.2, 0) is 0 Å². The van der Waals surface area contributed by atoms with Gasteiger partial charge in [0.2, 0.25) is 0 Å². The highest BCUT2D eigenvalue weighted by Crippen LogP contribution is 2.32. The van der Waals surface area contributed by atoms with Crippen LogP contribution in [0.25, 0.3) is 10.2 Å². The summed E-state index contributed by atoms with van der Waals surface area (Å²) in [5.41, 5.74) is 3.83. The number of rotatable bonds is 7. The second-order valence-electron chi connectivity index (χ2n) is 7.26. The molecule has 0 saturated carbocycles. The average molecular weight is 450 g/mol. The number of carbonyl (C=O) groups is 1. The van der Waals surface area contributed by atoms with Crippen LogP contribution in [0.5, 0.6) is 11.5 Å². The molecule has 6 nitrogen and oxygen atoms in total. The summed E-state index contributed by atoms with van der Waals surface area (Å²) in [6, 6.07) is 9.43. The molecule has 0 unspecified atom stereocenters. The minimum absolute atomic E-state index is 0. The molecule has 2 aromatic carbocycles. The van der Waals surface area contributed by atoms with Gasteiger partial charge in [0.15, 0.2) is 5.13 Å². The summed E-state index contributed by atoms with van der Waals surface area (Å²) >= 11 is 1.54. The number of aryl methyl sites for hydroxylation is 2. The molecule has 3 aromatic rings. The van der Waals surface area contributed by atoms with Crippen molar-refractivity contribution in [1.29, 1.82) is 0 Å². The summed E-state index contributed by atoms with van der Waals surface area (Å²) in [7, 11) is 7.13. The lowest BCUT2D eigenvalue weighted by molar-refractivity contribution is 0.0984. The summed E-state index contributed by atoms with van der Waals surface area (Å²) in [6.45, 7) is 5.42. The van der Waals surface area contributed by atoms with E-state index < -0.39 is 0 Å². The Bertz CT molecular complexity index is 975. The van der Waals surface area contributed by atoms with Gasteiger partial charge >= 0.3 is 0 Å². The maximum absolute atomic E-state index is 13.5. The van der Waals surface area contributed by atoms with Gasteiger partial charge < -0.3 is 14.4 Å². The summed E-state index contributed by atoms with van der Waals surface area (Å²) < 4.78 is 11.7. The highest BCUT2D eigenvalue weighted by molar-refractivity contribution is 7.22. The van der Waals surface area contributed by atoms with E-state index in [-0.39, 0.29) is 18.3 Å². The molecule has 0 radical (unpaired) electrons. The van der Waals surface area contributed by atoms with E-state index in [0.717, 1.165) is 16.8 Å². The summed E-state index contributed by atoms with van der Waals surface area (Å²) in [4.78, 5) is 22.0. The number of ether oxygens (including phenoxy) is 2. The zero-order valence-corrected chi connectivity index (χ0v) is 19.8. The molecule has 8 heteroatoms. The molecule has 30 heavy (non-hydrogen) atoms. The number of aromatic nitrogens is 1. The number of halogens is 1. The van der Waals surface area contributed by atoms with Crippen LogP contribution in [0, 0.1) is 13.8 Å². The number of likely N-dealkylation sites (N-methyl/N-ethyl adjacent to an activating group) is 1. The third-order valence-corrected chi connectivity index (χ3v) is 5.88. The van der Waals surface area contributed by atoms with Gasteiger partial charge in [0, 0.05) is 24.7 Å². The van der Waals surface area contributed by atoms with Crippen LogP contribution in [0.2, 0.25) is 0 Å². The predicted octanol–water partition coefficient (Wildman–Crippen LogP) is 4.56. The minimum atomic E-state index is -0.128. The summed E-state index contributed by atoms with van der Waals surface area (Å²) in [6.07, 6.45) is 0. The molecule has 162 valence electrons. The highest BCUT2D eigenvalue weighted by atomic mass is 35.5. The molecular weight excluding hydrogens is 422 g/mol. The molecule has 0 bridgehead atoms. The monoisotopic (exact) mass is 449 g/mol. The van der Waals surface area contributed by atoms with E-state index in [0.29, 0.717) is 28.7 Å². The van der Waals surface area contributed by atoms with Gasteiger partial charge in [-0.2, -0.15) is 0 Å². The SMILES string of the molecule is COc1cc(OC)cc(C(=O)N(CCN(C)C)c2nc3cc(C)c(C)cc3s2)c1.Cl. The lowest BCUT2D eigenvalue weighted by atomic mass is 10.1. The zero-order chi connectivity index (χ0) is 21.1. The molecule has 0 atom stereocenters. The van der Waals surface area contributed by atoms with Crippen molar-refractivity contribution in [1.82, 2.24) is 9.88 Å². The molecular formula is C22H28ClN3O3S. The van der Waals surface area contributed by atoms with Crippen LogP contribution in [-0.4, -0.2) is 57.2 Å². The van der Waals surface area contributed by atoms with Crippen molar-refractivity contribution < 1.29 is 14.3 Å². The summed E-state index contributed by atoms with van der Waals surface area (Å²) in [5, 5.41) is 0.693. The van der Waals surface area contributed by atoms with E-state index in [1.54, 1.807) is 37.3 Å². The zero-order valence-electron chi connectivity index (χ0n) is 18.2. The molecule has 1 aromatic heterocycles. The smallest absolute Gasteiger partial charge is 0.260 e. The molecule has 0 aliphatic heterocycles. The lowest BCUT2D eigenvalue weighted by Crippen LogP contribution is -2.36. The van der Waals surface area contributed by atoms with E-state index in [2.05, 4.69) is 26.0 Å². The molecule has 0 aliphatic rings. The van der Waals surface area contributed by atoms with Crippen LogP contribution in [0.4, 0.5) is 5.13 Å². The molecule has 0 spiro atoms. The second kappa shape index (κ2) is 10.1. The predicted molar refractivity (Wildman–Crippen MR) is 126 cm³/mol. The Labute approximate surface area is 187 Å². The Kier molecular flexibility index (Phi) is 8.06. The van der Waals surface area contributed by atoms with Gasteiger partial charge in [-0.15, -0.1) is 12.4 Å². The molecule has 0 N–H and O–H groups in total. The first kappa shape index (κ1) is 23.9. The highest BCUT2D eigenvalue weighted by Gasteiger charge is 2.23. The number of methoxy groups -OCH3 is 2. The first-order valence-corrected chi connectivity index (χ1v) is 10.2. The van der Waals surface area contributed by atoms with E-state index in [9.17, 15) is 4.79 Å². The third-order valence-electron chi connectivity index (χ3n) is 4.84. The lowest BCUT2D eigenvalue weighted by Gasteiger charge is -2.22. The number of fused-ring (bicyclic) bond motifs is 1. The van der Waals surface area contributed by atoms with Gasteiger partial charge in [0.05, 0.1) is 24.4 Å².